The van der Waals surface area contributed by atoms with Gasteiger partial charge in [0.1, 0.15) is 0 Å². The molecule has 0 saturated carbocycles. The van der Waals surface area contributed by atoms with Gasteiger partial charge in [-0.05, 0) is 45.1 Å². The number of piperidine rings is 1. The van der Waals surface area contributed by atoms with Gasteiger partial charge >= 0.3 is 0 Å². The molecule has 1 fully saturated rings. The van der Waals surface area contributed by atoms with Crippen molar-refractivity contribution in [3.63, 3.8) is 0 Å². The molecule has 2 heteroatoms. The van der Waals surface area contributed by atoms with Crippen LogP contribution in [0.15, 0.2) is 34.7 Å². The molecule has 0 radical (unpaired) electrons. The second-order valence-electron chi connectivity index (χ2n) is 5.45. The SMILES string of the molecule is CC(C)=CCC1NC(c2ccoc2)CCC1C. The monoisotopic (exact) mass is 233 g/mol. The van der Waals surface area contributed by atoms with Crippen LogP contribution in [0.5, 0.6) is 0 Å². The lowest BCUT2D eigenvalue weighted by Gasteiger charge is -2.35. The molecule has 3 atom stereocenters. The first kappa shape index (κ1) is 12.4. The average molecular weight is 233 g/mol. The molecule has 1 aliphatic heterocycles. The third-order valence-electron chi connectivity index (χ3n) is 3.74. The summed E-state index contributed by atoms with van der Waals surface area (Å²) in [5.74, 6) is 0.758. The van der Waals surface area contributed by atoms with E-state index >= 15 is 0 Å². The van der Waals surface area contributed by atoms with Crippen LogP contribution >= 0.6 is 0 Å². The Morgan fingerprint density at radius 2 is 2.29 bits per heavy atom. The van der Waals surface area contributed by atoms with Gasteiger partial charge < -0.3 is 9.73 Å². The van der Waals surface area contributed by atoms with Crippen molar-refractivity contribution in [3.05, 3.63) is 35.8 Å². The van der Waals surface area contributed by atoms with Gasteiger partial charge in [0.25, 0.3) is 0 Å². The minimum absolute atomic E-state index is 0.473. The van der Waals surface area contributed by atoms with Crippen molar-refractivity contribution in [2.24, 2.45) is 5.92 Å². The lowest BCUT2D eigenvalue weighted by atomic mass is 9.85. The molecular weight excluding hydrogens is 210 g/mol. The molecule has 0 bridgehead atoms. The normalized spacial score (nSPS) is 29.0. The van der Waals surface area contributed by atoms with Crippen LogP contribution < -0.4 is 5.32 Å². The Morgan fingerprint density at radius 3 is 2.94 bits per heavy atom. The zero-order valence-electron chi connectivity index (χ0n) is 11.1. The largest absolute Gasteiger partial charge is 0.472 e. The van der Waals surface area contributed by atoms with Gasteiger partial charge in [-0.25, -0.2) is 0 Å². The van der Waals surface area contributed by atoms with Gasteiger partial charge in [-0.2, -0.15) is 0 Å². The molecule has 2 heterocycles. The van der Waals surface area contributed by atoms with Crippen molar-refractivity contribution in [3.8, 4) is 0 Å². The number of allylic oxidation sites excluding steroid dienone is 1. The second-order valence-corrected chi connectivity index (χ2v) is 5.45. The highest BCUT2D eigenvalue weighted by Gasteiger charge is 2.27. The Bertz CT molecular complexity index is 362. The molecule has 0 spiro atoms. The molecule has 1 N–H and O–H groups in total. The summed E-state index contributed by atoms with van der Waals surface area (Å²) < 4.78 is 5.18. The summed E-state index contributed by atoms with van der Waals surface area (Å²) in [5, 5.41) is 3.76. The number of furan rings is 1. The molecule has 1 saturated heterocycles. The van der Waals surface area contributed by atoms with Crippen molar-refractivity contribution < 1.29 is 4.42 Å². The van der Waals surface area contributed by atoms with Crippen LogP contribution in [0.3, 0.4) is 0 Å². The Labute approximate surface area is 104 Å². The fraction of sp³-hybridized carbons (Fsp3) is 0.600. The third-order valence-corrected chi connectivity index (χ3v) is 3.74. The predicted octanol–water partition coefficient (Wildman–Crippen LogP) is 4.07. The molecule has 2 nitrogen and oxygen atoms in total. The summed E-state index contributed by atoms with van der Waals surface area (Å²) in [6, 6.07) is 3.14. The van der Waals surface area contributed by atoms with E-state index in [0.29, 0.717) is 12.1 Å². The standard InChI is InChI=1S/C15H23NO/c1-11(2)4-6-14-12(3)5-7-15(16-14)13-8-9-17-10-13/h4,8-10,12,14-16H,5-7H2,1-3H3. The van der Waals surface area contributed by atoms with Crippen LogP contribution in [0, 0.1) is 5.92 Å². The Balaban J connectivity index is 1.99. The van der Waals surface area contributed by atoms with E-state index in [4.69, 9.17) is 4.42 Å². The van der Waals surface area contributed by atoms with E-state index < -0.39 is 0 Å². The van der Waals surface area contributed by atoms with Crippen LogP contribution in [0.2, 0.25) is 0 Å². The van der Waals surface area contributed by atoms with E-state index in [1.165, 1.54) is 24.0 Å². The zero-order valence-corrected chi connectivity index (χ0v) is 11.1. The van der Waals surface area contributed by atoms with Gasteiger partial charge in [-0.1, -0.05) is 18.6 Å². The highest BCUT2D eigenvalue weighted by atomic mass is 16.3. The van der Waals surface area contributed by atoms with E-state index in [-0.39, 0.29) is 0 Å². The van der Waals surface area contributed by atoms with Crippen molar-refractivity contribution in [2.45, 2.75) is 52.1 Å². The van der Waals surface area contributed by atoms with Gasteiger partial charge in [0.05, 0.1) is 12.5 Å². The van der Waals surface area contributed by atoms with Crippen LogP contribution in [0.4, 0.5) is 0 Å². The Morgan fingerprint density at radius 1 is 1.47 bits per heavy atom. The molecule has 0 aromatic carbocycles. The summed E-state index contributed by atoms with van der Waals surface area (Å²) in [6.07, 6.45) is 9.62. The van der Waals surface area contributed by atoms with Gasteiger partial charge in [0.15, 0.2) is 0 Å². The summed E-state index contributed by atoms with van der Waals surface area (Å²) >= 11 is 0. The average Bonchev–Trinajstić information content (AvgIpc) is 2.81. The molecule has 1 aromatic heterocycles. The summed E-state index contributed by atoms with van der Waals surface area (Å²) in [5.41, 5.74) is 2.70. The van der Waals surface area contributed by atoms with E-state index in [1.807, 2.05) is 6.26 Å². The summed E-state index contributed by atoms with van der Waals surface area (Å²) in [4.78, 5) is 0. The molecule has 94 valence electrons. The quantitative estimate of drug-likeness (QED) is 0.796. The Hall–Kier alpha value is -1.02. The van der Waals surface area contributed by atoms with Crippen LogP contribution in [-0.2, 0) is 0 Å². The summed E-state index contributed by atoms with van der Waals surface area (Å²) in [7, 11) is 0. The van der Waals surface area contributed by atoms with Gasteiger partial charge in [-0.3, -0.25) is 0 Å². The topological polar surface area (TPSA) is 25.2 Å². The maximum atomic E-state index is 5.18. The van der Waals surface area contributed by atoms with E-state index in [1.54, 1.807) is 6.26 Å². The summed E-state index contributed by atoms with van der Waals surface area (Å²) in [6.45, 7) is 6.68. The molecule has 17 heavy (non-hydrogen) atoms. The maximum Gasteiger partial charge on any atom is 0.0950 e. The van der Waals surface area contributed by atoms with E-state index in [0.717, 1.165) is 12.3 Å². The third kappa shape index (κ3) is 3.22. The van der Waals surface area contributed by atoms with Gasteiger partial charge in [0, 0.05) is 17.6 Å². The number of rotatable bonds is 3. The van der Waals surface area contributed by atoms with Crippen molar-refractivity contribution in [2.75, 3.05) is 0 Å². The fourth-order valence-electron chi connectivity index (χ4n) is 2.54. The molecule has 1 aliphatic rings. The molecular formula is C15H23NO. The first-order chi connectivity index (χ1) is 8.16. The highest BCUT2D eigenvalue weighted by molar-refractivity contribution is 5.13. The second kappa shape index (κ2) is 5.54. The van der Waals surface area contributed by atoms with Gasteiger partial charge in [0.2, 0.25) is 0 Å². The highest BCUT2D eigenvalue weighted by Crippen LogP contribution is 2.30. The van der Waals surface area contributed by atoms with Crippen LogP contribution in [-0.4, -0.2) is 6.04 Å². The minimum atomic E-state index is 0.473. The van der Waals surface area contributed by atoms with Crippen LogP contribution in [0.1, 0.15) is 51.6 Å². The van der Waals surface area contributed by atoms with Crippen LogP contribution in [0.25, 0.3) is 0 Å². The van der Waals surface area contributed by atoms with Crippen molar-refractivity contribution >= 4 is 0 Å². The smallest absolute Gasteiger partial charge is 0.0950 e. The maximum absolute atomic E-state index is 5.18. The first-order valence-electron chi connectivity index (χ1n) is 6.58. The Kier molecular flexibility index (Phi) is 4.06. The number of nitrogens with one attached hydrogen (secondary N) is 1. The number of hydrogen-bond donors (Lipinski definition) is 1. The van der Waals surface area contributed by atoms with Crippen molar-refractivity contribution in [1.29, 1.82) is 0 Å². The van der Waals surface area contributed by atoms with E-state index in [2.05, 4.69) is 38.2 Å². The molecule has 0 aliphatic carbocycles. The first-order valence-corrected chi connectivity index (χ1v) is 6.58. The molecule has 3 unspecified atom stereocenters. The molecule has 1 aromatic rings. The lowest BCUT2D eigenvalue weighted by Crippen LogP contribution is -2.41. The molecule has 0 amide bonds. The van der Waals surface area contributed by atoms with Crippen molar-refractivity contribution in [1.82, 2.24) is 5.32 Å². The van der Waals surface area contributed by atoms with E-state index in [9.17, 15) is 0 Å². The minimum Gasteiger partial charge on any atom is -0.472 e. The zero-order chi connectivity index (χ0) is 12.3. The lowest BCUT2D eigenvalue weighted by molar-refractivity contribution is 0.246. The molecule has 2 rings (SSSR count). The fourth-order valence-corrected chi connectivity index (χ4v) is 2.54. The van der Waals surface area contributed by atoms with Gasteiger partial charge in [-0.15, -0.1) is 0 Å². The number of hydrogen-bond acceptors (Lipinski definition) is 2. The predicted molar refractivity (Wildman–Crippen MR) is 70.8 cm³/mol.